The summed E-state index contributed by atoms with van der Waals surface area (Å²) in [6.07, 6.45) is 0. The molecule has 0 amide bonds. The summed E-state index contributed by atoms with van der Waals surface area (Å²) in [6.45, 7) is 2.07. The number of thiophene rings is 1. The van der Waals surface area contributed by atoms with Crippen LogP contribution in [-0.4, -0.2) is 24.9 Å². The van der Waals surface area contributed by atoms with Gasteiger partial charge >= 0.3 is 0 Å². The largest absolute Gasteiger partial charge is 0.334 e. The van der Waals surface area contributed by atoms with Gasteiger partial charge in [0.05, 0.1) is 11.3 Å². The molecule has 2 aromatic carbocycles. The monoisotopic (exact) mass is 431 g/mol. The molecule has 148 valence electrons. The van der Waals surface area contributed by atoms with Crippen molar-refractivity contribution >= 4 is 23.1 Å². The summed E-state index contributed by atoms with van der Waals surface area (Å²) in [7, 11) is 0. The van der Waals surface area contributed by atoms with Gasteiger partial charge in [-0.15, -0.1) is 10.2 Å². The highest BCUT2D eigenvalue weighted by molar-refractivity contribution is 7.98. The summed E-state index contributed by atoms with van der Waals surface area (Å²) in [5.74, 6) is 2.50. The van der Waals surface area contributed by atoms with Gasteiger partial charge in [-0.2, -0.15) is 16.3 Å². The summed E-state index contributed by atoms with van der Waals surface area (Å²) in [4.78, 5) is 4.50. The number of thioether (sulfide) groups is 1. The van der Waals surface area contributed by atoms with Crippen LogP contribution in [0.4, 0.5) is 0 Å². The Labute approximate surface area is 181 Å². The zero-order valence-corrected chi connectivity index (χ0v) is 17.7. The highest BCUT2D eigenvalue weighted by Crippen LogP contribution is 2.30. The molecular weight excluding hydrogens is 414 g/mol. The second-order valence-corrected chi connectivity index (χ2v) is 8.38. The fourth-order valence-electron chi connectivity index (χ4n) is 3.01. The van der Waals surface area contributed by atoms with Crippen LogP contribution < -0.4 is 0 Å². The normalized spacial score (nSPS) is 11.1. The maximum atomic E-state index is 5.39. The first-order valence-corrected chi connectivity index (χ1v) is 11.3. The third-order valence-electron chi connectivity index (χ3n) is 4.52. The Morgan fingerprint density at radius 3 is 2.57 bits per heavy atom. The lowest BCUT2D eigenvalue weighted by Gasteiger charge is -2.10. The molecule has 0 atom stereocenters. The molecule has 30 heavy (non-hydrogen) atoms. The quantitative estimate of drug-likeness (QED) is 0.324. The van der Waals surface area contributed by atoms with Crippen molar-refractivity contribution in [2.75, 3.05) is 0 Å². The van der Waals surface area contributed by atoms with E-state index in [0.717, 1.165) is 27.8 Å². The summed E-state index contributed by atoms with van der Waals surface area (Å²) < 4.78 is 7.46. The van der Waals surface area contributed by atoms with E-state index in [-0.39, 0.29) is 0 Å². The van der Waals surface area contributed by atoms with Crippen molar-refractivity contribution in [3.63, 3.8) is 0 Å². The zero-order valence-electron chi connectivity index (χ0n) is 16.1. The molecule has 0 aliphatic carbocycles. The van der Waals surface area contributed by atoms with Crippen molar-refractivity contribution in [2.24, 2.45) is 0 Å². The van der Waals surface area contributed by atoms with Crippen molar-refractivity contribution in [1.82, 2.24) is 24.9 Å². The maximum absolute atomic E-state index is 5.39. The van der Waals surface area contributed by atoms with E-state index < -0.39 is 0 Å². The first-order valence-electron chi connectivity index (χ1n) is 9.34. The Morgan fingerprint density at radius 2 is 1.80 bits per heavy atom. The number of aromatic nitrogens is 5. The van der Waals surface area contributed by atoms with Crippen LogP contribution in [0.2, 0.25) is 0 Å². The minimum atomic E-state index is 0.534. The average Bonchev–Trinajstić information content (AvgIpc) is 3.53. The Bertz CT molecular complexity index is 1240. The Balaban J connectivity index is 1.46. The number of benzene rings is 2. The molecule has 0 aliphatic heterocycles. The van der Waals surface area contributed by atoms with E-state index in [1.54, 1.807) is 11.3 Å². The fourth-order valence-corrected chi connectivity index (χ4v) is 4.43. The molecule has 0 fully saturated rings. The molecule has 3 aromatic heterocycles. The van der Waals surface area contributed by atoms with Gasteiger partial charge in [-0.1, -0.05) is 64.9 Å². The van der Waals surface area contributed by atoms with Crippen LogP contribution in [0.1, 0.15) is 11.4 Å². The molecule has 0 spiro atoms. The van der Waals surface area contributed by atoms with E-state index in [1.807, 2.05) is 47.2 Å². The first kappa shape index (κ1) is 18.8. The highest BCUT2D eigenvalue weighted by atomic mass is 32.2. The van der Waals surface area contributed by atoms with E-state index in [0.29, 0.717) is 17.5 Å². The Morgan fingerprint density at radius 1 is 0.967 bits per heavy atom. The summed E-state index contributed by atoms with van der Waals surface area (Å²) in [5, 5.41) is 17.8. The maximum Gasteiger partial charge on any atom is 0.258 e. The number of nitrogens with zero attached hydrogens (tertiary/aromatic N) is 5. The molecule has 3 heterocycles. The third kappa shape index (κ3) is 3.79. The van der Waals surface area contributed by atoms with Crippen LogP contribution in [0, 0.1) is 6.92 Å². The molecule has 8 heteroatoms. The molecule has 0 bridgehead atoms. The van der Waals surface area contributed by atoms with Gasteiger partial charge in [-0.25, -0.2) is 0 Å². The predicted octanol–water partition coefficient (Wildman–Crippen LogP) is 5.65. The SMILES string of the molecule is Cc1ccc(-n2c(SCc3noc(-c4ccsc4)n3)nnc2-c2ccccc2)cc1. The summed E-state index contributed by atoms with van der Waals surface area (Å²) in [6, 6.07) is 20.4. The molecule has 0 saturated heterocycles. The highest BCUT2D eigenvalue weighted by Gasteiger charge is 2.17. The zero-order chi connectivity index (χ0) is 20.3. The smallest absolute Gasteiger partial charge is 0.258 e. The molecule has 6 nitrogen and oxygen atoms in total. The van der Waals surface area contributed by atoms with Crippen LogP contribution in [0.5, 0.6) is 0 Å². The molecule has 5 aromatic rings. The van der Waals surface area contributed by atoms with Gasteiger partial charge in [0, 0.05) is 16.6 Å². The lowest BCUT2D eigenvalue weighted by Crippen LogP contribution is -2.00. The number of hydrogen-bond donors (Lipinski definition) is 0. The van der Waals surface area contributed by atoms with Gasteiger partial charge in [0.15, 0.2) is 16.8 Å². The van der Waals surface area contributed by atoms with Gasteiger partial charge < -0.3 is 4.52 Å². The van der Waals surface area contributed by atoms with Gasteiger partial charge in [0.1, 0.15) is 0 Å². The van der Waals surface area contributed by atoms with Crippen molar-refractivity contribution in [3.05, 3.63) is 82.8 Å². The van der Waals surface area contributed by atoms with E-state index in [4.69, 9.17) is 4.52 Å². The minimum absolute atomic E-state index is 0.534. The van der Waals surface area contributed by atoms with Crippen LogP contribution in [0.25, 0.3) is 28.5 Å². The van der Waals surface area contributed by atoms with Crippen molar-refractivity contribution in [3.8, 4) is 28.5 Å². The summed E-state index contributed by atoms with van der Waals surface area (Å²) >= 11 is 3.13. The number of rotatable bonds is 6. The Kier molecular flexibility index (Phi) is 5.17. The van der Waals surface area contributed by atoms with Crippen LogP contribution in [0.3, 0.4) is 0 Å². The first-order chi connectivity index (χ1) is 14.8. The van der Waals surface area contributed by atoms with E-state index >= 15 is 0 Å². The second kappa shape index (κ2) is 8.25. The molecule has 0 radical (unpaired) electrons. The second-order valence-electron chi connectivity index (χ2n) is 6.66. The molecule has 0 aliphatic rings. The number of aryl methyl sites for hydroxylation is 1. The topological polar surface area (TPSA) is 69.6 Å². The molecular formula is C22H17N5OS2. The minimum Gasteiger partial charge on any atom is -0.334 e. The third-order valence-corrected chi connectivity index (χ3v) is 6.13. The van der Waals surface area contributed by atoms with Gasteiger partial charge in [0.25, 0.3) is 5.89 Å². The predicted molar refractivity (Wildman–Crippen MR) is 119 cm³/mol. The van der Waals surface area contributed by atoms with Gasteiger partial charge in [-0.3, -0.25) is 4.57 Å². The van der Waals surface area contributed by atoms with Crippen molar-refractivity contribution in [2.45, 2.75) is 17.8 Å². The summed E-state index contributed by atoms with van der Waals surface area (Å²) in [5.41, 5.74) is 4.17. The molecule has 5 rings (SSSR count). The van der Waals surface area contributed by atoms with Crippen LogP contribution in [-0.2, 0) is 5.75 Å². The van der Waals surface area contributed by atoms with Gasteiger partial charge in [0.2, 0.25) is 0 Å². The van der Waals surface area contributed by atoms with E-state index in [2.05, 4.69) is 56.1 Å². The van der Waals surface area contributed by atoms with Crippen LogP contribution in [0.15, 0.2) is 81.1 Å². The molecule has 0 N–H and O–H groups in total. The van der Waals surface area contributed by atoms with Gasteiger partial charge in [-0.05, 0) is 30.5 Å². The fraction of sp³-hybridized carbons (Fsp3) is 0.0909. The lowest BCUT2D eigenvalue weighted by atomic mass is 10.2. The van der Waals surface area contributed by atoms with E-state index in [9.17, 15) is 0 Å². The van der Waals surface area contributed by atoms with Crippen molar-refractivity contribution in [1.29, 1.82) is 0 Å². The molecule has 0 saturated carbocycles. The lowest BCUT2D eigenvalue weighted by molar-refractivity contribution is 0.425. The Hall–Kier alpha value is -3.23. The van der Waals surface area contributed by atoms with Crippen molar-refractivity contribution < 1.29 is 4.52 Å². The van der Waals surface area contributed by atoms with Crippen LogP contribution >= 0.6 is 23.1 Å². The number of hydrogen-bond acceptors (Lipinski definition) is 7. The average molecular weight is 432 g/mol. The molecule has 0 unspecified atom stereocenters. The van der Waals surface area contributed by atoms with E-state index in [1.165, 1.54) is 17.3 Å². The standard InChI is InChI=1S/C22H17N5OS2/c1-15-7-9-18(10-8-15)27-20(16-5-3-2-4-6-16)24-25-22(27)30-14-19-23-21(28-26-19)17-11-12-29-13-17/h2-13H,14H2,1H3.